The summed E-state index contributed by atoms with van der Waals surface area (Å²) in [5.41, 5.74) is 8.46. The van der Waals surface area contributed by atoms with E-state index in [4.69, 9.17) is 17.3 Å². The number of rotatable bonds is 4. The van der Waals surface area contributed by atoms with Crippen LogP contribution >= 0.6 is 11.6 Å². The molecule has 0 saturated heterocycles. The first-order chi connectivity index (χ1) is 9.83. The van der Waals surface area contributed by atoms with Gasteiger partial charge in [-0.15, -0.1) is 0 Å². The zero-order valence-corrected chi connectivity index (χ0v) is 13.2. The number of benzene rings is 2. The van der Waals surface area contributed by atoms with Gasteiger partial charge >= 0.3 is 0 Å². The topological polar surface area (TPSA) is 55.1 Å². The molecule has 0 aromatic heterocycles. The number of nitrogens with two attached hydrogens (primary N) is 1. The second-order valence-electron chi connectivity index (χ2n) is 5.44. The Labute approximate surface area is 130 Å². The van der Waals surface area contributed by atoms with Crippen LogP contribution in [0.4, 0.5) is 5.69 Å². The molecule has 0 saturated carbocycles. The van der Waals surface area contributed by atoms with Crippen molar-refractivity contribution in [1.82, 2.24) is 0 Å². The first-order valence-corrected chi connectivity index (χ1v) is 7.12. The number of anilines is 1. The van der Waals surface area contributed by atoms with Crippen LogP contribution in [0.2, 0.25) is 5.02 Å². The highest BCUT2D eigenvalue weighted by molar-refractivity contribution is 6.30. The van der Waals surface area contributed by atoms with Crippen LogP contribution in [-0.2, 0) is 10.3 Å². The lowest BCUT2D eigenvalue weighted by Crippen LogP contribution is -2.45. The van der Waals surface area contributed by atoms with E-state index in [1.54, 1.807) is 19.1 Å². The molecule has 0 fully saturated rings. The molecule has 21 heavy (non-hydrogen) atoms. The minimum atomic E-state index is -0.982. The van der Waals surface area contributed by atoms with Gasteiger partial charge in [-0.1, -0.05) is 35.4 Å². The van der Waals surface area contributed by atoms with Crippen LogP contribution in [-0.4, -0.2) is 5.91 Å². The fourth-order valence-corrected chi connectivity index (χ4v) is 2.48. The number of primary amides is 1. The zero-order chi connectivity index (χ0) is 15.6. The number of hydrogen-bond acceptors (Lipinski definition) is 2. The van der Waals surface area contributed by atoms with Crippen molar-refractivity contribution in [2.45, 2.75) is 26.3 Å². The molecule has 1 unspecified atom stereocenters. The highest BCUT2D eigenvalue weighted by atomic mass is 35.5. The highest BCUT2D eigenvalue weighted by Gasteiger charge is 2.34. The van der Waals surface area contributed by atoms with Crippen molar-refractivity contribution in [2.75, 3.05) is 5.32 Å². The summed E-state index contributed by atoms with van der Waals surface area (Å²) in [5.74, 6) is -0.425. The maximum Gasteiger partial charge on any atom is 0.247 e. The van der Waals surface area contributed by atoms with Crippen LogP contribution < -0.4 is 11.1 Å². The van der Waals surface area contributed by atoms with Crippen LogP contribution in [0.15, 0.2) is 42.5 Å². The van der Waals surface area contributed by atoms with Crippen LogP contribution in [0.3, 0.4) is 0 Å². The summed E-state index contributed by atoms with van der Waals surface area (Å²) in [6.45, 7) is 5.76. The molecule has 1 amide bonds. The summed E-state index contributed by atoms with van der Waals surface area (Å²) in [5, 5.41) is 3.88. The Morgan fingerprint density at radius 3 is 2.33 bits per heavy atom. The lowest BCUT2D eigenvalue weighted by molar-refractivity contribution is -0.122. The van der Waals surface area contributed by atoms with Crippen LogP contribution in [0.5, 0.6) is 0 Å². The fraction of sp³-hybridized carbons (Fsp3) is 0.235. The van der Waals surface area contributed by atoms with Crippen molar-refractivity contribution >= 4 is 23.2 Å². The molecule has 0 spiro atoms. The van der Waals surface area contributed by atoms with Gasteiger partial charge in [0.1, 0.15) is 5.54 Å². The maximum atomic E-state index is 12.1. The highest BCUT2D eigenvalue weighted by Crippen LogP contribution is 2.29. The van der Waals surface area contributed by atoms with E-state index in [2.05, 4.69) is 5.32 Å². The molecule has 0 bridgehead atoms. The molecule has 1 atom stereocenters. The average Bonchev–Trinajstić information content (AvgIpc) is 2.43. The van der Waals surface area contributed by atoms with Gasteiger partial charge in [0.25, 0.3) is 0 Å². The normalized spacial score (nSPS) is 13.5. The molecule has 0 radical (unpaired) electrons. The van der Waals surface area contributed by atoms with Crippen molar-refractivity contribution in [3.8, 4) is 0 Å². The molecule has 3 N–H and O–H groups in total. The van der Waals surface area contributed by atoms with Crippen molar-refractivity contribution in [2.24, 2.45) is 5.73 Å². The number of halogens is 1. The van der Waals surface area contributed by atoms with Gasteiger partial charge in [0.2, 0.25) is 5.91 Å². The molecular formula is C17H19ClN2O. The molecule has 0 heterocycles. The molecule has 2 aromatic carbocycles. The first-order valence-electron chi connectivity index (χ1n) is 6.74. The van der Waals surface area contributed by atoms with Gasteiger partial charge in [-0.05, 0) is 56.2 Å². The number of amides is 1. The van der Waals surface area contributed by atoms with E-state index in [9.17, 15) is 4.79 Å². The van der Waals surface area contributed by atoms with E-state index >= 15 is 0 Å². The van der Waals surface area contributed by atoms with Crippen LogP contribution in [0.25, 0.3) is 0 Å². The lowest BCUT2D eigenvalue weighted by Gasteiger charge is -2.31. The number of carbonyl (C=O) groups excluding carboxylic acids is 1. The van der Waals surface area contributed by atoms with E-state index in [0.717, 1.165) is 22.4 Å². The Bertz CT molecular complexity index is 667. The molecule has 0 aliphatic carbocycles. The van der Waals surface area contributed by atoms with Crippen molar-refractivity contribution in [3.05, 3.63) is 64.2 Å². The largest absolute Gasteiger partial charge is 0.368 e. The van der Waals surface area contributed by atoms with Crippen molar-refractivity contribution < 1.29 is 4.79 Å². The minimum absolute atomic E-state index is 0.425. The van der Waals surface area contributed by atoms with E-state index in [1.165, 1.54) is 0 Å². The third-order valence-electron chi connectivity index (χ3n) is 3.66. The molecular weight excluding hydrogens is 284 g/mol. The third kappa shape index (κ3) is 3.19. The first kappa shape index (κ1) is 15.4. The molecule has 4 heteroatoms. The van der Waals surface area contributed by atoms with E-state index < -0.39 is 11.4 Å². The van der Waals surface area contributed by atoms with Gasteiger partial charge in [0.15, 0.2) is 0 Å². The van der Waals surface area contributed by atoms with Crippen LogP contribution in [0, 0.1) is 13.8 Å². The van der Waals surface area contributed by atoms with Gasteiger partial charge < -0.3 is 11.1 Å². The Kier molecular flexibility index (Phi) is 4.24. The summed E-state index contributed by atoms with van der Waals surface area (Å²) in [6.07, 6.45) is 0. The Morgan fingerprint density at radius 2 is 1.76 bits per heavy atom. The minimum Gasteiger partial charge on any atom is -0.368 e. The third-order valence-corrected chi connectivity index (χ3v) is 3.92. The lowest BCUT2D eigenvalue weighted by atomic mass is 9.86. The van der Waals surface area contributed by atoms with E-state index in [-0.39, 0.29) is 0 Å². The number of hydrogen-bond donors (Lipinski definition) is 2. The predicted octanol–water partition coefficient (Wildman–Crippen LogP) is 3.77. The average molecular weight is 303 g/mol. The summed E-state index contributed by atoms with van der Waals surface area (Å²) in [6, 6.07) is 13.2. The number of aryl methyl sites for hydroxylation is 2. The van der Waals surface area contributed by atoms with Gasteiger partial charge in [0.05, 0.1) is 0 Å². The Morgan fingerprint density at radius 1 is 1.14 bits per heavy atom. The summed E-state index contributed by atoms with van der Waals surface area (Å²) in [4.78, 5) is 12.1. The molecule has 0 aliphatic rings. The monoisotopic (exact) mass is 302 g/mol. The van der Waals surface area contributed by atoms with Gasteiger partial charge in [-0.2, -0.15) is 0 Å². The zero-order valence-electron chi connectivity index (χ0n) is 12.4. The second-order valence-corrected chi connectivity index (χ2v) is 5.88. The smallest absolute Gasteiger partial charge is 0.247 e. The van der Waals surface area contributed by atoms with Crippen molar-refractivity contribution in [1.29, 1.82) is 0 Å². The Hall–Kier alpha value is -2.00. The van der Waals surface area contributed by atoms with E-state index in [0.29, 0.717) is 5.02 Å². The van der Waals surface area contributed by atoms with Crippen LogP contribution in [0.1, 0.15) is 23.6 Å². The summed E-state index contributed by atoms with van der Waals surface area (Å²) < 4.78 is 0. The number of nitrogens with one attached hydrogen (secondary N) is 1. The Balaban J connectivity index is 2.47. The SMILES string of the molecule is Cc1ccc(C)c(C(C)(Nc2ccc(Cl)cc2)C(N)=O)c1. The van der Waals surface area contributed by atoms with E-state index in [1.807, 2.05) is 44.2 Å². The molecule has 110 valence electrons. The fourth-order valence-electron chi connectivity index (χ4n) is 2.36. The number of carbonyl (C=O) groups is 1. The van der Waals surface area contributed by atoms with Gasteiger partial charge in [0, 0.05) is 10.7 Å². The molecule has 3 nitrogen and oxygen atoms in total. The molecule has 2 rings (SSSR count). The standard InChI is InChI=1S/C17H19ClN2O/c1-11-4-5-12(2)15(10-11)17(3,16(19)21)20-14-8-6-13(18)7-9-14/h4-10,20H,1-3H3,(H2,19,21). The van der Waals surface area contributed by atoms with Crippen molar-refractivity contribution in [3.63, 3.8) is 0 Å². The predicted molar refractivity (Wildman–Crippen MR) is 87.5 cm³/mol. The maximum absolute atomic E-state index is 12.1. The molecule has 2 aromatic rings. The molecule has 0 aliphatic heterocycles. The second kappa shape index (κ2) is 5.78. The summed E-state index contributed by atoms with van der Waals surface area (Å²) in [7, 11) is 0. The van der Waals surface area contributed by atoms with Gasteiger partial charge in [-0.3, -0.25) is 4.79 Å². The quantitative estimate of drug-likeness (QED) is 0.903. The van der Waals surface area contributed by atoms with Gasteiger partial charge in [-0.25, -0.2) is 0 Å². The summed E-state index contributed by atoms with van der Waals surface area (Å²) >= 11 is 5.89.